The minimum absolute atomic E-state index is 0.0626. The first-order valence-electron chi connectivity index (χ1n) is 8.14. The van der Waals surface area contributed by atoms with Gasteiger partial charge in [0, 0.05) is 18.9 Å². The summed E-state index contributed by atoms with van der Waals surface area (Å²) >= 11 is 0. The van der Waals surface area contributed by atoms with E-state index in [2.05, 4.69) is 4.98 Å². The number of aliphatic carboxylic acids is 1. The summed E-state index contributed by atoms with van der Waals surface area (Å²) in [4.78, 5) is 16.3. The Morgan fingerprint density at radius 1 is 1.08 bits per heavy atom. The summed E-state index contributed by atoms with van der Waals surface area (Å²) in [7, 11) is 1.81. The van der Waals surface area contributed by atoms with Gasteiger partial charge >= 0.3 is 5.97 Å². The van der Waals surface area contributed by atoms with Gasteiger partial charge < -0.3 is 9.84 Å². The van der Waals surface area contributed by atoms with Crippen LogP contribution in [0.5, 0.6) is 5.75 Å². The monoisotopic (exact) mass is 330 g/mol. The molecule has 0 unspecified atom stereocenters. The molecule has 0 aliphatic heterocycles. The molecule has 0 saturated carbocycles. The molecule has 0 bridgehead atoms. The molecule has 130 valence electrons. The highest BCUT2D eigenvalue weighted by Gasteiger charge is 2.04. The van der Waals surface area contributed by atoms with Gasteiger partial charge in [-0.1, -0.05) is 26.0 Å². The van der Waals surface area contributed by atoms with Crippen molar-refractivity contribution in [2.45, 2.75) is 26.9 Å². The number of hydrogen-bond donors (Lipinski definition) is 1. The van der Waals surface area contributed by atoms with Gasteiger partial charge in [-0.25, -0.2) is 0 Å². The minimum Gasteiger partial charge on any atom is -0.489 e. The van der Waals surface area contributed by atoms with Crippen molar-refractivity contribution in [1.82, 2.24) is 9.88 Å². The average molecular weight is 330 g/mol. The Balaban J connectivity index is 0.00000139. The third-order valence-corrected chi connectivity index (χ3v) is 3.27. The fourth-order valence-corrected chi connectivity index (χ4v) is 2.03. The third kappa shape index (κ3) is 7.74. The van der Waals surface area contributed by atoms with Crippen LogP contribution in [0.2, 0.25) is 0 Å². The van der Waals surface area contributed by atoms with Crippen molar-refractivity contribution < 1.29 is 14.6 Å². The van der Waals surface area contributed by atoms with Gasteiger partial charge in [0.05, 0.1) is 6.54 Å². The first kappa shape index (κ1) is 19.6. The van der Waals surface area contributed by atoms with Crippen molar-refractivity contribution in [3.8, 4) is 5.75 Å². The summed E-state index contributed by atoms with van der Waals surface area (Å²) in [5, 5.41) is 8.71. The number of carboxylic acids is 1. The van der Waals surface area contributed by atoms with Gasteiger partial charge in [0.1, 0.15) is 12.4 Å². The van der Waals surface area contributed by atoms with E-state index in [9.17, 15) is 4.79 Å². The molecule has 1 heterocycles. The molecule has 0 aliphatic rings. The second-order valence-electron chi connectivity index (χ2n) is 5.17. The van der Waals surface area contributed by atoms with Gasteiger partial charge in [-0.05, 0) is 48.9 Å². The van der Waals surface area contributed by atoms with Crippen molar-refractivity contribution in [3.05, 3.63) is 59.9 Å². The fourth-order valence-electron chi connectivity index (χ4n) is 2.03. The van der Waals surface area contributed by atoms with Crippen molar-refractivity contribution >= 4 is 5.97 Å². The summed E-state index contributed by atoms with van der Waals surface area (Å²) in [6.45, 7) is 5.29. The Labute approximate surface area is 143 Å². The van der Waals surface area contributed by atoms with Crippen molar-refractivity contribution in [1.29, 1.82) is 0 Å². The van der Waals surface area contributed by atoms with Crippen LogP contribution in [0.4, 0.5) is 0 Å². The lowest BCUT2D eigenvalue weighted by atomic mass is 10.1. The first-order valence-corrected chi connectivity index (χ1v) is 8.14. The smallest absolute Gasteiger partial charge is 0.317 e. The number of carbonyl (C=O) groups is 1. The maximum absolute atomic E-state index is 10.6. The van der Waals surface area contributed by atoms with E-state index < -0.39 is 5.97 Å². The lowest BCUT2D eigenvalue weighted by Crippen LogP contribution is -2.27. The number of carboxylic acid groups (broad SMARTS) is 1. The Bertz CT molecular complexity index is 585. The van der Waals surface area contributed by atoms with Crippen LogP contribution >= 0.6 is 0 Å². The van der Waals surface area contributed by atoms with Gasteiger partial charge in [-0.15, -0.1) is 0 Å². The van der Waals surface area contributed by atoms with E-state index in [4.69, 9.17) is 9.84 Å². The standard InChI is InChI=1S/C17H20N2O3.C2H6/c1-19(12-17(20)21)11-8-14-2-4-16(5-3-14)22-13-15-6-9-18-10-7-15;1-2/h2-7,9-10H,8,11-13H2,1H3,(H,20,21);1-2H3. The molecule has 1 aromatic carbocycles. The topological polar surface area (TPSA) is 62.7 Å². The summed E-state index contributed by atoms with van der Waals surface area (Å²) in [6, 6.07) is 11.7. The van der Waals surface area contributed by atoms with Crippen molar-refractivity contribution in [2.75, 3.05) is 20.1 Å². The van der Waals surface area contributed by atoms with Crippen LogP contribution in [0.15, 0.2) is 48.8 Å². The lowest BCUT2D eigenvalue weighted by molar-refractivity contribution is -0.137. The third-order valence-electron chi connectivity index (χ3n) is 3.27. The molecule has 2 aromatic rings. The molecule has 1 N–H and O–H groups in total. The molecule has 0 fully saturated rings. The maximum atomic E-state index is 10.6. The van der Waals surface area contributed by atoms with Gasteiger partial charge in [0.2, 0.25) is 0 Å². The number of benzene rings is 1. The number of pyridine rings is 1. The predicted octanol–water partition coefficient (Wildman–Crippen LogP) is 3.25. The zero-order chi connectivity index (χ0) is 17.8. The van der Waals surface area contributed by atoms with E-state index >= 15 is 0 Å². The Hall–Kier alpha value is -2.40. The number of hydrogen-bond acceptors (Lipinski definition) is 4. The van der Waals surface area contributed by atoms with E-state index in [0.717, 1.165) is 23.3 Å². The number of likely N-dealkylation sites (N-methyl/N-ethyl adjacent to an activating group) is 1. The van der Waals surface area contributed by atoms with Crippen LogP contribution in [0.1, 0.15) is 25.0 Å². The lowest BCUT2D eigenvalue weighted by Gasteiger charge is -2.13. The Kier molecular flexibility index (Phi) is 9.16. The molecule has 1 aromatic heterocycles. The molecule has 0 aliphatic carbocycles. The molecule has 5 heteroatoms. The van der Waals surface area contributed by atoms with Crippen molar-refractivity contribution in [2.24, 2.45) is 0 Å². The number of rotatable bonds is 8. The summed E-state index contributed by atoms with van der Waals surface area (Å²) < 4.78 is 5.71. The highest BCUT2D eigenvalue weighted by Crippen LogP contribution is 2.14. The minimum atomic E-state index is -0.803. The van der Waals surface area contributed by atoms with Crippen LogP contribution in [0, 0.1) is 0 Å². The zero-order valence-electron chi connectivity index (χ0n) is 14.6. The van der Waals surface area contributed by atoms with Crippen molar-refractivity contribution in [3.63, 3.8) is 0 Å². The summed E-state index contributed by atoms with van der Waals surface area (Å²) in [5.74, 6) is 0.0156. The molecular weight excluding hydrogens is 304 g/mol. The first-order chi connectivity index (χ1) is 11.6. The van der Waals surface area contributed by atoms with Gasteiger partial charge in [0.25, 0.3) is 0 Å². The van der Waals surface area contributed by atoms with Gasteiger partial charge in [-0.2, -0.15) is 0 Å². The van der Waals surface area contributed by atoms with Crippen LogP contribution < -0.4 is 4.74 Å². The molecule has 0 spiro atoms. The zero-order valence-corrected chi connectivity index (χ0v) is 14.6. The fraction of sp³-hybridized carbons (Fsp3) is 0.368. The summed E-state index contributed by atoms with van der Waals surface area (Å²) in [6.07, 6.45) is 4.30. The number of aromatic nitrogens is 1. The van der Waals surface area contributed by atoms with Crippen LogP contribution in [-0.2, 0) is 17.8 Å². The normalized spacial score (nSPS) is 10.0. The van der Waals surface area contributed by atoms with Crippen LogP contribution in [0.3, 0.4) is 0 Å². The molecule has 0 amide bonds. The Morgan fingerprint density at radius 2 is 1.71 bits per heavy atom. The highest BCUT2D eigenvalue weighted by molar-refractivity contribution is 5.69. The van der Waals surface area contributed by atoms with E-state index in [1.807, 2.05) is 50.2 Å². The second-order valence-corrected chi connectivity index (χ2v) is 5.17. The van der Waals surface area contributed by atoms with E-state index in [1.54, 1.807) is 24.3 Å². The van der Waals surface area contributed by atoms with Gasteiger partial charge in [0.15, 0.2) is 0 Å². The predicted molar refractivity (Wildman–Crippen MR) is 95.2 cm³/mol. The molecule has 0 radical (unpaired) electrons. The SMILES string of the molecule is CC.CN(CCc1ccc(OCc2ccncc2)cc1)CC(=O)O. The van der Waals surface area contributed by atoms with Crippen LogP contribution in [0.25, 0.3) is 0 Å². The molecule has 0 saturated heterocycles. The molecule has 24 heavy (non-hydrogen) atoms. The Morgan fingerprint density at radius 3 is 2.29 bits per heavy atom. The second kappa shape index (κ2) is 11.2. The molecule has 5 nitrogen and oxygen atoms in total. The quantitative estimate of drug-likeness (QED) is 0.805. The van der Waals surface area contributed by atoms with E-state index in [-0.39, 0.29) is 6.54 Å². The maximum Gasteiger partial charge on any atom is 0.317 e. The summed E-state index contributed by atoms with van der Waals surface area (Å²) in [5.41, 5.74) is 2.24. The van der Waals surface area contributed by atoms with Gasteiger partial charge in [-0.3, -0.25) is 14.7 Å². The largest absolute Gasteiger partial charge is 0.489 e. The van der Waals surface area contributed by atoms with Crippen LogP contribution in [-0.4, -0.2) is 41.1 Å². The number of ether oxygens (including phenoxy) is 1. The average Bonchev–Trinajstić information content (AvgIpc) is 2.61. The number of nitrogens with zero attached hydrogens (tertiary/aromatic N) is 2. The van der Waals surface area contributed by atoms with E-state index in [1.165, 1.54) is 0 Å². The molecule has 2 rings (SSSR count). The highest BCUT2D eigenvalue weighted by atomic mass is 16.5. The molecular formula is C19H26N2O3. The molecule has 0 atom stereocenters. The van der Waals surface area contributed by atoms with E-state index in [0.29, 0.717) is 13.2 Å².